The molecule has 0 bridgehead atoms. The Morgan fingerprint density at radius 1 is 1.56 bits per heavy atom. The van der Waals surface area contributed by atoms with Crippen LogP contribution in [-0.4, -0.2) is 24.7 Å². The normalized spacial score (nSPS) is 23.7. The largest absolute Gasteiger partial charge is 0.378 e. The van der Waals surface area contributed by atoms with Crippen LogP contribution in [0.3, 0.4) is 0 Å². The molecular formula is C13H15BrFNO2. The molecule has 0 radical (unpaired) electrons. The maximum Gasteiger partial charge on any atom is 0.252 e. The zero-order valence-electron chi connectivity index (χ0n) is 10.1. The molecule has 0 aliphatic carbocycles. The van der Waals surface area contributed by atoms with Gasteiger partial charge in [-0.25, -0.2) is 4.39 Å². The summed E-state index contributed by atoms with van der Waals surface area (Å²) in [5.74, 6) is -0.677. The number of benzene rings is 1. The van der Waals surface area contributed by atoms with E-state index in [9.17, 15) is 9.18 Å². The maximum atomic E-state index is 13.3. The van der Waals surface area contributed by atoms with Gasteiger partial charge in [-0.15, -0.1) is 0 Å². The number of hydrogen-bond donors (Lipinski definition) is 1. The van der Waals surface area contributed by atoms with Gasteiger partial charge in [0, 0.05) is 12.6 Å². The molecule has 0 saturated carbocycles. The third kappa shape index (κ3) is 3.09. The number of carbonyl (C=O) groups is 1. The van der Waals surface area contributed by atoms with Gasteiger partial charge in [0.1, 0.15) is 5.82 Å². The first-order chi connectivity index (χ1) is 8.58. The highest BCUT2D eigenvalue weighted by atomic mass is 79.9. The SMILES string of the molecule is CC1CC(NC(=O)c2cccc(F)c2Br)CCO1. The van der Waals surface area contributed by atoms with Gasteiger partial charge in [-0.2, -0.15) is 0 Å². The number of amides is 1. The van der Waals surface area contributed by atoms with Gasteiger partial charge in [-0.3, -0.25) is 4.79 Å². The minimum atomic E-state index is -0.428. The summed E-state index contributed by atoms with van der Waals surface area (Å²) in [7, 11) is 0. The van der Waals surface area contributed by atoms with Crippen LogP contribution in [0.25, 0.3) is 0 Å². The van der Waals surface area contributed by atoms with Gasteiger partial charge in [0.2, 0.25) is 0 Å². The number of carbonyl (C=O) groups excluding carboxylic acids is 1. The fourth-order valence-electron chi connectivity index (χ4n) is 2.07. The van der Waals surface area contributed by atoms with Crippen molar-refractivity contribution in [2.75, 3.05) is 6.61 Å². The highest BCUT2D eigenvalue weighted by Gasteiger charge is 2.22. The zero-order valence-corrected chi connectivity index (χ0v) is 11.7. The lowest BCUT2D eigenvalue weighted by Gasteiger charge is -2.28. The lowest BCUT2D eigenvalue weighted by molar-refractivity contribution is 0.0136. The quantitative estimate of drug-likeness (QED) is 0.911. The minimum absolute atomic E-state index is 0.0939. The van der Waals surface area contributed by atoms with Crippen molar-refractivity contribution < 1.29 is 13.9 Å². The molecule has 1 aliphatic heterocycles. The van der Waals surface area contributed by atoms with E-state index in [0.717, 1.165) is 12.8 Å². The molecule has 2 atom stereocenters. The second-order valence-corrected chi connectivity index (χ2v) is 5.27. The predicted molar refractivity (Wildman–Crippen MR) is 70.0 cm³/mol. The molecule has 0 spiro atoms. The minimum Gasteiger partial charge on any atom is -0.378 e. The molecule has 18 heavy (non-hydrogen) atoms. The Hall–Kier alpha value is -0.940. The Morgan fingerprint density at radius 3 is 3.06 bits per heavy atom. The lowest BCUT2D eigenvalue weighted by atomic mass is 10.0. The number of hydrogen-bond acceptors (Lipinski definition) is 2. The number of ether oxygens (including phenoxy) is 1. The molecule has 5 heteroatoms. The zero-order chi connectivity index (χ0) is 13.1. The highest BCUT2D eigenvalue weighted by molar-refractivity contribution is 9.10. The van der Waals surface area contributed by atoms with Crippen molar-refractivity contribution in [3.8, 4) is 0 Å². The summed E-state index contributed by atoms with van der Waals surface area (Å²) < 4.78 is 19.0. The second-order valence-electron chi connectivity index (χ2n) is 4.48. The summed E-state index contributed by atoms with van der Waals surface area (Å²) >= 11 is 3.10. The van der Waals surface area contributed by atoms with Gasteiger partial charge in [-0.05, 0) is 47.8 Å². The monoisotopic (exact) mass is 315 g/mol. The summed E-state index contributed by atoms with van der Waals surface area (Å²) in [5.41, 5.74) is 0.328. The molecule has 1 saturated heterocycles. The fourth-order valence-corrected chi connectivity index (χ4v) is 2.52. The Balaban J connectivity index is 2.05. The summed E-state index contributed by atoms with van der Waals surface area (Å²) in [4.78, 5) is 12.0. The van der Waals surface area contributed by atoms with E-state index in [1.807, 2.05) is 6.92 Å². The molecule has 2 unspecified atom stereocenters. The third-order valence-corrected chi connectivity index (χ3v) is 3.82. The first-order valence-corrected chi connectivity index (χ1v) is 6.73. The lowest BCUT2D eigenvalue weighted by Crippen LogP contribution is -2.41. The number of halogens is 2. The molecule has 1 aromatic rings. The van der Waals surface area contributed by atoms with E-state index >= 15 is 0 Å². The number of rotatable bonds is 2. The van der Waals surface area contributed by atoms with Crippen LogP contribution in [-0.2, 0) is 4.74 Å². The van der Waals surface area contributed by atoms with E-state index in [2.05, 4.69) is 21.2 Å². The topological polar surface area (TPSA) is 38.3 Å². The summed E-state index contributed by atoms with van der Waals surface area (Å²) in [6, 6.07) is 4.54. The van der Waals surface area contributed by atoms with Gasteiger partial charge in [0.05, 0.1) is 16.1 Å². The van der Waals surface area contributed by atoms with E-state index in [1.165, 1.54) is 12.1 Å². The van der Waals surface area contributed by atoms with Crippen LogP contribution >= 0.6 is 15.9 Å². The van der Waals surface area contributed by atoms with Crippen molar-refractivity contribution in [2.45, 2.75) is 31.9 Å². The average molecular weight is 316 g/mol. The molecule has 1 aliphatic rings. The molecule has 3 nitrogen and oxygen atoms in total. The van der Waals surface area contributed by atoms with Gasteiger partial charge >= 0.3 is 0 Å². The molecule has 1 amide bonds. The highest BCUT2D eigenvalue weighted by Crippen LogP contribution is 2.21. The molecule has 1 fully saturated rings. The van der Waals surface area contributed by atoms with Crippen molar-refractivity contribution in [2.24, 2.45) is 0 Å². The van der Waals surface area contributed by atoms with Crippen LogP contribution in [0.15, 0.2) is 22.7 Å². The standard InChI is InChI=1S/C13H15BrFNO2/c1-8-7-9(5-6-18-8)16-13(17)10-3-2-4-11(15)12(10)14/h2-4,8-9H,5-7H2,1H3,(H,16,17). The van der Waals surface area contributed by atoms with Crippen LogP contribution in [0.1, 0.15) is 30.1 Å². The van der Waals surface area contributed by atoms with Crippen molar-refractivity contribution in [3.05, 3.63) is 34.1 Å². The Labute approximate surface area is 114 Å². The van der Waals surface area contributed by atoms with Crippen LogP contribution in [0.4, 0.5) is 4.39 Å². The van der Waals surface area contributed by atoms with Gasteiger partial charge in [0.15, 0.2) is 0 Å². The summed E-state index contributed by atoms with van der Waals surface area (Å²) in [5, 5.41) is 2.92. The van der Waals surface area contributed by atoms with Gasteiger partial charge in [0.25, 0.3) is 5.91 Å². The molecule has 98 valence electrons. The fraction of sp³-hybridized carbons (Fsp3) is 0.462. The van der Waals surface area contributed by atoms with Crippen LogP contribution in [0.5, 0.6) is 0 Å². The first kappa shape index (κ1) is 13.5. The number of nitrogens with one attached hydrogen (secondary N) is 1. The van der Waals surface area contributed by atoms with E-state index in [4.69, 9.17) is 4.74 Å². The van der Waals surface area contributed by atoms with Crippen LogP contribution in [0, 0.1) is 5.82 Å². The molecular weight excluding hydrogens is 301 g/mol. The summed E-state index contributed by atoms with van der Waals surface area (Å²) in [6.07, 6.45) is 1.74. The summed E-state index contributed by atoms with van der Waals surface area (Å²) in [6.45, 7) is 2.63. The van der Waals surface area contributed by atoms with E-state index < -0.39 is 5.82 Å². The molecule has 1 aromatic carbocycles. The smallest absolute Gasteiger partial charge is 0.252 e. The van der Waals surface area contributed by atoms with Crippen molar-refractivity contribution in [3.63, 3.8) is 0 Å². The maximum absolute atomic E-state index is 13.3. The van der Waals surface area contributed by atoms with Crippen molar-refractivity contribution >= 4 is 21.8 Å². The van der Waals surface area contributed by atoms with Crippen LogP contribution < -0.4 is 5.32 Å². The van der Waals surface area contributed by atoms with Crippen molar-refractivity contribution in [1.29, 1.82) is 0 Å². The van der Waals surface area contributed by atoms with E-state index in [1.54, 1.807) is 6.07 Å². The Bertz CT molecular complexity index is 453. The molecule has 0 aromatic heterocycles. The Kier molecular flexibility index (Phi) is 4.35. The van der Waals surface area contributed by atoms with Gasteiger partial charge in [-0.1, -0.05) is 6.07 Å². The van der Waals surface area contributed by atoms with Crippen LogP contribution in [0.2, 0.25) is 0 Å². The Morgan fingerprint density at radius 2 is 2.33 bits per heavy atom. The van der Waals surface area contributed by atoms with E-state index in [-0.39, 0.29) is 22.5 Å². The van der Waals surface area contributed by atoms with E-state index in [0.29, 0.717) is 12.2 Å². The average Bonchev–Trinajstić information content (AvgIpc) is 2.32. The molecule has 2 rings (SSSR count). The molecule has 1 N–H and O–H groups in total. The third-order valence-electron chi connectivity index (χ3n) is 3.02. The van der Waals surface area contributed by atoms with Crippen molar-refractivity contribution in [1.82, 2.24) is 5.32 Å². The predicted octanol–water partition coefficient (Wildman–Crippen LogP) is 2.89. The first-order valence-electron chi connectivity index (χ1n) is 5.94. The van der Waals surface area contributed by atoms with Gasteiger partial charge < -0.3 is 10.1 Å². The molecule has 1 heterocycles. The second kappa shape index (κ2) is 5.80.